The lowest BCUT2D eigenvalue weighted by atomic mass is 9.62. The van der Waals surface area contributed by atoms with Crippen molar-refractivity contribution in [2.24, 2.45) is 5.92 Å². The summed E-state index contributed by atoms with van der Waals surface area (Å²) in [5.74, 6) is -1.14. The molecule has 208 valence electrons. The Morgan fingerprint density at radius 3 is 2.45 bits per heavy atom. The summed E-state index contributed by atoms with van der Waals surface area (Å²) in [5, 5.41) is 3.06. The van der Waals surface area contributed by atoms with Gasteiger partial charge in [-0.05, 0) is 59.2 Å². The number of rotatable bonds is 6. The standard InChI is InChI=1S/C34H27N3O5/c1-41-26-14-13-21(18-27(26)42-2)31(39)29-28(30(38)22-9-7-16-35-19-22)34(24-11-5-6-12-25(24)36-33(34)40)32-23-10-4-3-8-20(23)15-17-37(29)32/h3-19,28-29,32H,1-2H3,(H,36,40)/t28-,29+,32+,34+/m1/s1. The number of anilines is 1. The van der Waals surface area contributed by atoms with Gasteiger partial charge < -0.3 is 19.7 Å². The van der Waals surface area contributed by atoms with Gasteiger partial charge in [0.2, 0.25) is 5.91 Å². The summed E-state index contributed by atoms with van der Waals surface area (Å²) >= 11 is 0. The molecule has 42 heavy (non-hydrogen) atoms. The van der Waals surface area contributed by atoms with Crippen LogP contribution >= 0.6 is 0 Å². The molecule has 0 unspecified atom stereocenters. The molecule has 3 aliphatic heterocycles. The van der Waals surface area contributed by atoms with Crippen molar-refractivity contribution in [1.82, 2.24) is 9.88 Å². The average Bonchev–Trinajstić information content (AvgIpc) is 3.52. The second-order valence-corrected chi connectivity index (χ2v) is 10.6. The molecule has 0 radical (unpaired) electrons. The fourth-order valence-corrected chi connectivity index (χ4v) is 7.02. The summed E-state index contributed by atoms with van der Waals surface area (Å²) in [5.41, 5.74) is 2.41. The van der Waals surface area contributed by atoms with Crippen LogP contribution in [-0.4, -0.2) is 47.6 Å². The Bertz CT molecular complexity index is 1790. The number of Topliss-reactive ketones (excluding diaryl/α,β-unsaturated/α-hetero) is 2. The molecule has 4 atom stereocenters. The minimum atomic E-state index is -1.40. The second-order valence-electron chi connectivity index (χ2n) is 10.6. The van der Waals surface area contributed by atoms with Crippen molar-refractivity contribution in [2.45, 2.75) is 17.5 Å². The van der Waals surface area contributed by atoms with Gasteiger partial charge in [0.25, 0.3) is 0 Å². The van der Waals surface area contributed by atoms with E-state index in [1.165, 1.54) is 20.4 Å². The van der Waals surface area contributed by atoms with E-state index >= 15 is 0 Å². The van der Waals surface area contributed by atoms with E-state index in [4.69, 9.17) is 9.47 Å². The number of amides is 1. The summed E-state index contributed by atoms with van der Waals surface area (Å²) in [6.07, 6.45) is 6.87. The third-order valence-electron chi connectivity index (χ3n) is 8.74. The molecular formula is C34H27N3O5. The largest absolute Gasteiger partial charge is 0.493 e. The Morgan fingerprint density at radius 1 is 0.881 bits per heavy atom. The Labute approximate surface area is 242 Å². The summed E-state index contributed by atoms with van der Waals surface area (Å²) in [7, 11) is 3.03. The van der Waals surface area contributed by atoms with E-state index in [0.29, 0.717) is 33.9 Å². The number of hydrogen-bond donors (Lipinski definition) is 1. The van der Waals surface area contributed by atoms with Gasteiger partial charge in [0, 0.05) is 35.4 Å². The molecule has 8 nitrogen and oxygen atoms in total. The van der Waals surface area contributed by atoms with Crippen molar-refractivity contribution in [3.05, 3.63) is 125 Å². The van der Waals surface area contributed by atoms with Crippen molar-refractivity contribution in [3.63, 3.8) is 0 Å². The summed E-state index contributed by atoms with van der Waals surface area (Å²) < 4.78 is 10.9. The van der Waals surface area contributed by atoms with E-state index in [1.54, 1.807) is 36.5 Å². The highest BCUT2D eigenvalue weighted by Gasteiger charge is 2.70. The van der Waals surface area contributed by atoms with Crippen molar-refractivity contribution in [2.75, 3.05) is 19.5 Å². The Morgan fingerprint density at radius 2 is 1.67 bits per heavy atom. The van der Waals surface area contributed by atoms with Gasteiger partial charge in [-0.25, -0.2) is 0 Å². The molecule has 1 spiro atoms. The topological polar surface area (TPSA) is 97.8 Å². The number of benzene rings is 3. The number of pyridine rings is 1. The Kier molecular flexibility index (Phi) is 5.93. The van der Waals surface area contributed by atoms with Crippen molar-refractivity contribution < 1.29 is 23.9 Å². The van der Waals surface area contributed by atoms with Crippen LogP contribution in [0.3, 0.4) is 0 Å². The predicted octanol–water partition coefficient (Wildman–Crippen LogP) is 5.08. The molecule has 8 heteroatoms. The molecule has 1 N–H and O–H groups in total. The number of carbonyl (C=O) groups is 3. The molecule has 0 aliphatic carbocycles. The van der Waals surface area contributed by atoms with Crippen LogP contribution < -0.4 is 14.8 Å². The highest BCUT2D eigenvalue weighted by molar-refractivity contribution is 6.16. The van der Waals surface area contributed by atoms with E-state index in [9.17, 15) is 14.4 Å². The van der Waals surface area contributed by atoms with Crippen molar-refractivity contribution >= 4 is 29.2 Å². The lowest BCUT2D eigenvalue weighted by molar-refractivity contribution is -0.122. The van der Waals surface area contributed by atoms with Crippen LogP contribution in [-0.2, 0) is 10.2 Å². The predicted molar refractivity (Wildman–Crippen MR) is 157 cm³/mol. The summed E-state index contributed by atoms with van der Waals surface area (Å²) in [6.45, 7) is 0. The normalized spacial score (nSPS) is 23.1. The molecule has 1 saturated heterocycles. The van der Waals surface area contributed by atoms with Crippen LogP contribution in [0.15, 0.2) is 97.5 Å². The van der Waals surface area contributed by atoms with Crippen LogP contribution in [0.5, 0.6) is 11.5 Å². The molecule has 1 fully saturated rings. The number of ether oxygens (including phenoxy) is 2. The van der Waals surface area contributed by atoms with E-state index < -0.39 is 23.4 Å². The lowest BCUT2D eigenvalue weighted by Crippen LogP contribution is -2.49. The number of fused-ring (bicyclic) bond motifs is 6. The van der Waals surface area contributed by atoms with Gasteiger partial charge in [-0.2, -0.15) is 0 Å². The van der Waals surface area contributed by atoms with E-state index in [-0.39, 0.29) is 17.5 Å². The average molecular weight is 558 g/mol. The smallest absolute Gasteiger partial charge is 0.238 e. The van der Waals surface area contributed by atoms with Crippen molar-refractivity contribution in [1.29, 1.82) is 0 Å². The molecule has 3 aliphatic rings. The second kappa shape index (κ2) is 9.69. The number of ketones is 2. The molecule has 0 saturated carbocycles. The van der Waals surface area contributed by atoms with Gasteiger partial charge >= 0.3 is 0 Å². The molecule has 4 aromatic rings. The number of carbonyl (C=O) groups excluding carboxylic acids is 3. The van der Waals surface area contributed by atoms with Gasteiger partial charge in [-0.3, -0.25) is 19.4 Å². The highest BCUT2D eigenvalue weighted by atomic mass is 16.5. The number of nitrogens with zero attached hydrogens (tertiary/aromatic N) is 2. The van der Waals surface area contributed by atoms with Gasteiger partial charge in [0.05, 0.1) is 26.2 Å². The first-order valence-electron chi connectivity index (χ1n) is 13.7. The quantitative estimate of drug-likeness (QED) is 0.330. The van der Waals surface area contributed by atoms with E-state index in [2.05, 4.69) is 10.3 Å². The maximum Gasteiger partial charge on any atom is 0.238 e. The van der Waals surface area contributed by atoms with E-state index in [1.807, 2.05) is 65.7 Å². The minimum absolute atomic E-state index is 0.304. The maximum absolute atomic E-state index is 14.7. The van der Waals surface area contributed by atoms with Crippen LogP contribution in [0.4, 0.5) is 5.69 Å². The summed E-state index contributed by atoms with van der Waals surface area (Å²) in [4.78, 5) is 50.0. The minimum Gasteiger partial charge on any atom is -0.493 e. The molecule has 4 heterocycles. The highest BCUT2D eigenvalue weighted by Crippen LogP contribution is 2.62. The Hall–Kier alpha value is -5.24. The molecule has 3 aromatic carbocycles. The van der Waals surface area contributed by atoms with Crippen LogP contribution in [0, 0.1) is 5.92 Å². The fourth-order valence-electron chi connectivity index (χ4n) is 7.02. The van der Waals surface area contributed by atoms with Crippen LogP contribution in [0.25, 0.3) is 6.08 Å². The number of para-hydroxylation sites is 1. The zero-order valence-electron chi connectivity index (χ0n) is 23.0. The number of methoxy groups -OCH3 is 2. The Balaban J connectivity index is 1.52. The maximum atomic E-state index is 14.7. The van der Waals surface area contributed by atoms with E-state index in [0.717, 1.165) is 11.1 Å². The number of aromatic nitrogens is 1. The molecule has 7 rings (SSSR count). The SMILES string of the molecule is COc1ccc(C(=O)[C@@H]2[C@H](C(=O)c3cccnc3)[C@]3(C(=O)Nc4ccccc43)[C@@H]3c4ccccc4C=CN23)cc1OC. The van der Waals surface area contributed by atoms with Gasteiger partial charge in [0.1, 0.15) is 11.5 Å². The third-order valence-corrected chi connectivity index (χ3v) is 8.74. The number of hydrogen-bond acceptors (Lipinski definition) is 7. The number of nitrogens with one attached hydrogen (secondary N) is 1. The third kappa shape index (κ3) is 3.48. The first kappa shape index (κ1) is 25.7. The van der Waals surface area contributed by atoms with Gasteiger partial charge in [-0.1, -0.05) is 42.5 Å². The zero-order valence-corrected chi connectivity index (χ0v) is 23.0. The fraction of sp³-hybridized carbons (Fsp3) is 0.176. The zero-order chi connectivity index (χ0) is 29.0. The monoisotopic (exact) mass is 557 g/mol. The lowest BCUT2D eigenvalue weighted by Gasteiger charge is -2.38. The van der Waals surface area contributed by atoms with Gasteiger partial charge in [0.15, 0.2) is 23.1 Å². The first-order valence-corrected chi connectivity index (χ1v) is 13.7. The first-order chi connectivity index (χ1) is 20.5. The van der Waals surface area contributed by atoms with Crippen LogP contribution in [0.1, 0.15) is 43.4 Å². The van der Waals surface area contributed by atoms with Crippen molar-refractivity contribution in [3.8, 4) is 11.5 Å². The molecule has 1 amide bonds. The van der Waals surface area contributed by atoms with Gasteiger partial charge in [-0.15, -0.1) is 0 Å². The molecular weight excluding hydrogens is 530 g/mol. The summed E-state index contributed by atoms with van der Waals surface area (Å²) in [6, 6.07) is 22.0. The molecule has 0 bridgehead atoms. The molecule has 1 aromatic heterocycles. The van der Waals surface area contributed by atoms with Crippen LogP contribution in [0.2, 0.25) is 0 Å².